The molecule has 5 aliphatic rings. The lowest BCUT2D eigenvalue weighted by Crippen LogP contribution is -2.64. The Hall–Kier alpha value is -1.51. The quantitative estimate of drug-likeness (QED) is 0.415. The Morgan fingerprint density at radius 3 is 2.71 bits per heavy atom. The highest BCUT2D eigenvalue weighted by Gasteiger charge is 2.83. The van der Waals surface area contributed by atoms with E-state index in [-0.39, 0.29) is 17.6 Å². The van der Waals surface area contributed by atoms with Gasteiger partial charge in [0.15, 0.2) is 11.7 Å². The smallest absolute Gasteiger partial charge is 0.331 e. The van der Waals surface area contributed by atoms with Crippen LogP contribution in [-0.4, -0.2) is 62.8 Å². The van der Waals surface area contributed by atoms with E-state index in [9.17, 15) is 18.9 Å². The zero-order valence-corrected chi connectivity index (χ0v) is 17.1. The Bertz CT molecular complexity index is 891. The third kappa shape index (κ3) is 1.99. The number of esters is 2. The van der Waals surface area contributed by atoms with Crippen molar-refractivity contribution in [1.82, 2.24) is 0 Å². The molecule has 9 atom stereocenters. The molecule has 0 aromatic heterocycles. The number of ether oxygens (including phenoxy) is 3. The van der Waals surface area contributed by atoms with Crippen molar-refractivity contribution in [3.63, 3.8) is 0 Å². The van der Waals surface area contributed by atoms with Crippen molar-refractivity contribution in [2.75, 3.05) is 12.0 Å². The highest BCUT2D eigenvalue weighted by Crippen LogP contribution is 2.72. The van der Waals surface area contributed by atoms with Crippen LogP contribution in [0.3, 0.4) is 0 Å². The summed E-state index contributed by atoms with van der Waals surface area (Å²) in [6.07, 6.45) is 5.47. The number of hydrogen-bond acceptors (Lipinski definition) is 7. The van der Waals surface area contributed by atoms with Crippen LogP contribution in [0.1, 0.15) is 27.2 Å². The number of aliphatic hydroxyl groups is 1. The molecule has 1 saturated carbocycles. The summed E-state index contributed by atoms with van der Waals surface area (Å²) in [6.45, 7) is 5.42. The summed E-state index contributed by atoms with van der Waals surface area (Å²) < 4.78 is 29.4. The summed E-state index contributed by atoms with van der Waals surface area (Å²) in [5, 5.41) is 11.1. The van der Waals surface area contributed by atoms with Crippen LogP contribution < -0.4 is 0 Å². The summed E-state index contributed by atoms with van der Waals surface area (Å²) >= 11 is 0. The van der Waals surface area contributed by atoms with Gasteiger partial charge in [0, 0.05) is 34.5 Å². The van der Waals surface area contributed by atoms with E-state index in [1.165, 1.54) is 19.3 Å². The largest absolute Gasteiger partial charge is 0.458 e. The predicted octanol–water partition coefficient (Wildman–Crippen LogP) is 0.633. The molecule has 7 nitrogen and oxygen atoms in total. The van der Waals surface area contributed by atoms with Gasteiger partial charge < -0.3 is 19.3 Å². The van der Waals surface area contributed by atoms with E-state index < -0.39 is 57.1 Å². The Morgan fingerprint density at radius 2 is 2.04 bits per heavy atom. The lowest BCUT2D eigenvalue weighted by molar-refractivity contribution is -0.168. The average molecular weight is 408 g/mol. The van der Waals surface area contributed by atoms with Gasteiger partial charge in [-0.25, -0.2) is 4.79 Å². The van der Waals surface area contributed by atoms with Crippen molar-refractivity contribution in [2.24, 2.45) is 16.7 Å². The Labute approximate surface area is 165 Å². The number of allylic oxidation sites excluding steroid dienone is 1. The van der Waals surface area contributed by atoms with E-state index in [0.29, 0.717) is 6.42 Å². The number of cyclic esters (lactones) is 1. The van der Waals surface area contributed by atoms with Crippen LogP contribution in [0.15, 0.2) is 23.8 Å². The van der Waals surface area contributed by atoms with Crippen molar-refractivity contribution >= 4 is 22.7 Å². The first-order valence-corrected chi connectivity index (χ1v) is 11.2. The van der Waals surface area contributed by atoms with Gasteiger partial charge >= 0.3 is 11.9 Å². The lowest BCUT2D eigenvalue weighted by atomic mass is 9.49. The second-order valence-corrected chi connectivity index (χ2v) is 10.9. The van der Waals surface area contributed by atoms with Crippen molar-refractivity contribution in [3.05, 3.63) is 23.8 Å². The number of hydrogen-bond donors (Lipinski definition) is 1. The number of epoxide rings is 1. The number of rotatable bonds is 3. The maximum Gasteiger partial charge on any atom is 0.331 e. The summed E-state index contributed by atoms with van der Waals surface area (Å²) in [7, 11) is -1.31. The minimum Gasteiger partial charge on any atom is -0.458 e. The van der Waals surface area contributed by atoms with Gasteiger partial charge in [-0.2, -0.15) is 0 Å². The highest BCUT2D eigenvalue weighted by atomic mass is 32.2. The van der Waals surface area contributed by atoms with Gasteiger partial charge in [-0.3, -0.25) is 9.00 Å². The molecule has 2 saturated heterocycles. The minimum absolute atomic E-state index is 0.0573. The van der Waals surface area contributed by atoms with Crippen LogP contribution >= 0.6 is 0 Å². The van der Waals surface area contributed by atoms with Gasteiger partial charge in [-0.1, -0.05) is 19.1 Å². The Balaban J connectivity index is 1.68. The predicted molar refractivity (Wildman–Crippen MR) is 98.5 cm³/mol. The molecule has 3 aliphatic heterocycles. The normalized spacial score (nSPS) is 51.0. The van der Waals surface area contributed by atoms with E-state index in [1.54, 1.807) is 0 Å². The first kappa shape index (κ1) is 18.5. The van der Waals surface area contributed by atoms with E-state index in [1.807, 2.05) is 26.0 Å². The molecule has 2 aliphatic carbocycles. The second kappa shape index (κ2) is 5.15. The van der Waals surface area contributed by atoms with Crippen molar-refractivity contribution < 1.29 is 33.1 Å². The van der Waals surface area contributed by atoms with Gasteiger partial charge in [0.05, 0.1) is 11.2 Å². The topological polar surface area (TPSA) is 102 Å². The molecule has 0 bridgehead atoms. The molecule has 0 radical (unpaired) electrons. The first-order valence-electron chi connectivity index (χ1n) is 9.49. The molecular weight excluding hydrogens is 384 g/mol. The highest BCUT2D eigenvalue weighted by molar-refractivity contribution is 7.84. The fraction of sp³-hybridized carbons (Fsp3) is 0.700. The fourth-order valence-electron chi connectivity index (χ4n) is 6.38. The van der Waals surface area contributed by atoms with Gasteiger partial charge in [0.25, 0.3) is 0 Å². The standard InChI is InChI=1S/C20H24O7S/c1-17-6-5-7-18(2)13(17)12(26-16(18)22)14-20(27-14)10(17)8-11(21)25-15(20)19(3,23)9-28(4)24/h5,7-8,12-15,23H,6,9H2,1-4H3/t12-,13+,14+,15+,17?,18-,19-,20?,28-/m0/s1. The van der Waals surface area contributed by atoms with Gasteiger partial charge in [-0.05, 0) is 25.8 Å². The van der Waals surface area contributed by atoms with Crippen LogP contribution in [0.25, 0.3) is 0 Å². The van der Waals surface area contributed by atoms with Crippen LogP contribution in [0.2, 0.25) is 0 Å². The molecule has 152 valence electrons. The van der Waals surface area contributed by atoms with Crippen LogP contribution in [0.4, 0.5) is 0 Å². The zero-order chi connectivity index (χ0) is 20.3. The fourth-order valence-corrected chi connectivity index (χ4v) is 7.36. The van der Waals surface area contributed by atoms with Crippen molar-refractivity contribution in [1.29, 1.82) is 0 Å². The van der Waals surface area contributed by atoms with Crippen molar-refractivity contribution in [3.8, 4) is 0 Å². The van der Waals surface area contributed by atoms with E-state index in [2.05, 4.69) is 0 Å². The molecule has 3 heterocycles. The first-order chi connectivity index (χ1) is 13.0. The molecule has 0 aromatic carbocycles. The zero-order valence-electron chi connectivity index (χ0n) is 16.3. The Morgan fingerprint density at radius 1 is 1.32 bits per heavy atom. The summed E-state index contributed by atoms with van der Waals surface area (Å²) in [5.74, 6) is -1.07. The molecule has 28 heavy (non-hydrogen) atoms. The molecule has 8 heteroatoms. The minimum atomic E-state index is -1.55. The SMILES string of the molecule is C[S@](=O)C[C@](C)(O)[C@H]1OC(=O)C=C2C3(C)CC=C[C@]4(C)C(=O)O[C@H]([C@H]5OC251)[C@H]34. The summed E-state index contributed by atoms with van der Waals surface area (Å²) in [6, 6.07) is 0. The molecule has 0 amide bonds. The van der Waals surface area contributed by atoms with Gasteiger partial charge in [0.2, 0.25) is 0 Å². The molecule has 3 fully saturated rings. The molecule has 5 rings (SSSR count). The van der Waals surface area contributed by atoms with Crippen LogP contribution in [-0.2, 0) is 34.6 Å². The summed E-state index contributed by atoms with van der Waals surface area (Å²) in [4.78, 5) is 25.2. The maximum absolute atomic E-state index is 12.7. The van der Waals surface area contributed by atoms with Crippen LogP contribution in [0.5, 0.6) is 0 Å². The molecule has 2 unspecified atom stereocenters. The third-order valence-corrected chi connectivity index (χ3v) is 8.31. The number of fused-ring (bicyclic) bond motifs is 2. The monoisotopic (exact) mass is 408 g/mol. The van der Waals surface area contributed by atoms with Gasteiger partial charge in [0.1, 0.15) is 17.8 Å². The van der Waals surface area contributed by atoms with Crippen molar-refractivity contribution in [2.45, 2.75) is 56.7 Å². The third-order valence-electron chi connectivity index (χ3n) is 7.32. The maximum atomic E-state index is 12.7. The van der Waals surface area contributed by atoms with Crippen LogP contribution in [0, 0.1) is 16.7 Å². The van der Waals surface area contributed by atoms with Gasteiger partial charge in [-0.15, -0.1) is 0 Å². The number of carbonyl (C=O) groups excluding carboxylic acids is 2. The molecular formula is C20H24O7S. The molecule has 1 spiro atoms. The number of carbonyl (C=O) groups is 2. The van der Waals surface area contributed by atoms with E-state index in [4.69, 9.17) is 14.2 Å². The lowest BCUT2D eigenvalue weighted by Gasteiger charge is -2.53. The molecule has 0 aromatic rings. The van der Waals surface area contributed by atoms with E-state index in [0.717, 1.165) is 5.57 Å². The summed E-state index contributed by atoms with van der Waals surface area (Å²) in [5.41, 5.74) is -3.18. The average Bonchev–Trinajstić information content (AvgIpc) is 3.22. The Kier molecular flexibility index (Phi) is 3.40. The molecule has 1 N–H and O–H groups in total. The second-order valence-electron chi connectivity index (χ2n) is 9.44. The van der Waals surface area contributed by atoms with E-state index >= 15 is 0 Å².